The Morgan fingerprint density at radius 3 is 2.55 bits per heavy atom. The minimum atomic E-state index is -3.86. The van der Waals surface area contributed by atoms with E-state index in [1.807, 2.05) is 31.2 Å². The highest BCUT2D eigenvalue weighted by atomic mass is 35.5. The third-order valence-electron chi connectivity index (χ3n) is 4.16. The number of benzene rings is 1. The van der Waals surface area contributed by atoms with Crippen molar-refractivity contribution >= 4 is 39.4 Å². The molecule has 0 aliphatic carbocycles. The van der Waals surface area contributed by atoms with Gasteiger partial charge in [0.25, 0.3) is 10.2 Å². The van der Waals surface area contributed by atoms with E-state index in [4.69, 9.17) is 11.6 Å². The van der Waals surface area contributed by atoms with Crippen molar-refractivity contribution in [3.63, 3.8) is 0 Å². The van der Waals surface area contributed by atoms with Crippen molar-refractivity contribution < 1.29 is 12.8 Å². The van der Waals surface area contributed by atoms with Crippen LogP contribution in [0.1, 0.15) is 16.7 Å². The Bertz CT molecular complexity index is 1130. The highest BCUT2D eigenvalue weighted by molar-refractivity contribution is 7.99. The average molecular weight is 453 g/mol. The molecule has 0 atom stereocenters. The second-order valence-corrected chi connectivity index (χ2v) is 9.27. The molecule has 29 heavy (non-hydrogen) atoms. The predicted octanol–water partition coefficient (Wildman–Crippen LogP) is 4.20. The van der Waals surface area contributed by atoms with Gasteiger partial charge in [0.15, 0.2) is 11.6 Å². The molecule has 0 aliphatic rings. The van der Waals surface area contributed by atoms with Gasteiger partial charge in [0.2, 0.25) is 0 Å². The van der Waals surface area contributed by atoms with Crippen molar-refractivity contribution in [2.24, 2.45) is 0 Å². The van der Waals surface area contributed by atoms with E-state index in [0.29, 0.717) is 10.6 Å². The smallest absolute Gasteiger partial charge is 0.263 e. The SMILES string of the molecule is CNS(=O)(=O)Nc1nccc(Cc2cncc(Sc3ccc(Cl)cc3)c2C)c1F. The van der Waals surface area contributed by atoms with Gasteiger partial charge in [-0.25, -0.2) is 14.1 Å². The lowest BCUT2D eigenvalue weighted by atomic mass is 10.0. The molecule has 0 saturated heterocycles. The van der Waals surface area contributed by atoms with Gasteiger partial charge in [-0.1, -0.05) is 23.4 Å². The maximum atomic E-state index is 14.8. The molecule has 0 saturated carbocycles. The fraction of sp³-hybridized carbons (Fsp3) is 0.158. The summed E-state index contributed by atoms with van der Waals surface area (Å²) in [4.78, 5) is 10.0. The molecule has 0 radical (unpaired) electrons. The molecule has 0 spiro atoms. The average Bonchev–Trinajstić information content (AvgIpc) is 2.69. The van der Waals surface area contributed by atoms with Crippen LogP contribution in [0.2, 0.25) is 5.02 Å². The van der Waals surface area contributed by atoms with Crippen molar-refractivity contribution in [2.45, 2.75) is 23.1 Å². The van der Waals surface area contributed by atoms with Crippen LogP contribution in [0.3, 0.4) is 0 Å². The Kier molecular flexibility index (Phi) is 6.74. The molecule has 0 bridgehead atoms. The number of aromatic nitrogens is 2. The molecule has 3 rings (SSSR count). The van der Waals surface area contributed by atoms with E-state index < -0.39 is 16.0 Å². The molecular formula is C19H18ClFN4O2S2. The standard InChI is InChI=1S/C19H18ClFN4O2S2/c1-12-14(10-23-11-17(12)28-16-5-3-15(20)4-6-16)9-13-7-8-24-19(18(13)21)25-29(26,27)22-2/h3-8,10-11,22H,9H2,1-2H3,(H,24,25). The van der Waals surface area contributed by atoms with Gasteiger partial charge in [-0.15, -0.1) is 0 Å². The number of nitrogens with one attached hydrogen (secondary N) is 2. The van der Waals surface area contributed by atoms with Gasteiger partial charge in [-0.05, 0) is 53.9 Å². The summed E-state index contributed by atoms with van der Waals surface area (Å²) in [7, 11) is -2.64. The fourth-order valence-electron chi connectivity index (χ4n) is 2.53. The van der Waals surface area contributed by atoms with Crippen LogP contribution < -0.4 is 9.44 Å². The summed E-state index contributed by atoms with van der Waals surface area (Å²) in [6.07, 6.45) is 5.05. The van der Waals surface area contributed by atoms with Crippen molar-refractivity contribution in [2.75, 3.05) is 11.8 Å². The normalized spacial score (nSPS) is 11.4. The molecule has 0 amide bonds. The van der Waals surface area contributed by atoms with Crippen LogP contribution >= 0.6 is 23.4 Å². The highest BCUT2D eigenvalue weighted by Crippen LogP contribution is 2.32. The molecule has 10 heteroatoms. The van der Waals surface area contributed by atoms with Crippen molar-refractivity contribution in [3.05, 3.63) is 76.5 Å². The van der Waals surface area contributed by atoms with Crippen LogP contribution in [0.5, 0.6) is 0 Å². The maximum absolute atomic E-state index is 14.8. The summed E-state index contributed by atoms with van der Waals surface area (Å²) >= 11 is 7.47. The molecule has 2 heterocycles. The number of halogens is 2. The van der Waals surface area contributed by atoms with E-state index in [1.165, 1.54) is 31.1 Å². The number of hydrogen-bond donors (Lipinski definition) is 2. The number of rotatable bonds is 7. The molecule has 3 aromatic rings. The summed E-state index contributed by atoms with van der Waals surface area (Å²) < 4.78 is 42.2. The first kappa shape index (κ1) is 21.5. The summed E-state index contributed by atoms with van der Waals surface area (Å²) in [5, 5.41) is 0.663. The van der Waals surface area contributed by atoms with E-state index in [2.05, 4.69) is 19.4 Å². The molecule has 0 fully saturated rings. The number of anilines is 1. The fourth-order valence-corrected chi connectivity index (χ4v) is 4.08. The lowest BCUT2D eigenvalue weighted by Crippen LogP contribution is -2.27. The topological polar surface area (TPSA) is 84.0 Å². The van der Waals surface area contributed by atoms with Crippen molar-refractivity contribution in [3.8, 4) is 0 Å². The van der Waals surface area contributed by atoms with Gasteiger partial charge in [-0.3, -0.25) is 9.71 Å². The van der Waals surface area contributed by atoms with Crippen molar-refractivity contribution in [1.29, 1.82) is 0 Å². The zero-order chi connectivity index (χ0) is 21.0. The minimum absolute atomic E-state index is 0.247. The summed E-state index contributed by atoms with van der Waals surface area (Å²) in [6, 6.07) is 8.99. The first-order valence-corrected chi connectivity index (χ1v) is 11.2. The third kappa shape index (κ3) is 5.45. The molecular weight excluding hydrogens is 435 g/mol. The van der Waals surface area contributed by atoms with Gasteiger partial charge >= 0.3 is 0 Å². The van der Waals surface area contributed by atoms with Crippen LogP contribution in [0, 0.1) is 12.7 Å². The van der Waals surface area contributed by atoms with Crippen LogP contribution in [0.25, 0.3) is 0 Å². The second-order valence-electron chi connectivity index (χ2n) is 6.10. The predicted molar refractivity (Wildman–Crippen MR) is 113 cm³/mol. The first-order valence-electron chi connectivity index (χ1n) is 8.50. The molecule has 6 nitrogen and oxygen atoms in total. The van der Waals surface area contributed by atoms with Crippen molar-refractivity contribution in [1.82, 2.24) is 14.7 Å². The molecule has 152 valence electrons. The zero-order valence-corrected chi connectivity index (χ0v) is 18.0. The quantitative estimate of drug-likeness (QED) is 0.561. The molecule has 2 aromatic heterocycles. The number of hydrogen-bond acceptors (Lipinski definition) is 5. The Hall–Kier alpha value is -2.20. The Morgan fingerprint density at radius 2 is 1.86 bits per heavy atom. The van der Waals surface area contributed by atoms with Crippen LogP contribution in [0.4, 0.5) is 10.2 Å². The maximum Gasteiger partial charge on any atom is 0.300 e. The number of nitrogens with zero attached hydrogens (tertiary/aromatic N) is 2. The van der Waals surface area contributed by atoms with Gasteiger partial charge in [0.05, 0.1) is 0 Å². The molecule has 2 N–H and O–H groups in total. The monoisotopic (exact) mass is 452 g/mol. The van der Waals surface area contributed by atoms with Gasteiger partial charge in [-0.2, -0.15) is 8.42 Å². The number of pyridine rings is 2. The molecule has 0 aliphatic heterocycles. The molecule has 1 aromatic carbocycles. The van der Waals surface area contributed by atoms with E-state index in [0.717, 1.165) is 20.9 Å². The summed E-state index contributed by atoms with van der Waals surface area (Å²) in [5.41, 5.74) is 2.11. The van der Waals surface area contributed by atoms with E-state index in [9.17, 15) is 12.8 Å². The Morgan fingerprint density at radius 1 is 1.14 bits per heavy atom. The van der Waals surface area contributed by atoms with Crippen LogP contribution in [-0.4, -0.2) is 25.4 Å². The van der Waals surface area contributed by atoms with Crippen LogP contribution in [-0.2, 0) is 16.6 Å². The van der Waals surface area contributed by atoms with E-state index in [-0.39, 0.29) is 12.2 Å². The highest BCUT2D eigenvalue weighted by Gasteiger charge is 2.16. The van der Waals surface area contributed by atoms with Gasteiger partial charge in [0.1, 0.15) is 0 Å². The first-order chi connectivity index (χ1) is 13.8. The van der Waals surface area contributed by atoms with Crippen LogP contribution in [0.15, 0.2) is 58.7 Å². The molecule has 0 unspecified atom stereocenters. The van der Waals surface area contributed by atoms with E-state index >= 15 is 0 Å². The van der Waals surface area contributed by atoms with E-state index in [1.54, 1.807) is 12.4 Å². The summed E-state index contributed by atoms with van der Waals surface area (Å²) in [5.74, 6) is -1.07. The Balaban J connectivity index is 1.86. The Labute approximate surface area is 178 Å². The minimum Gasteiger partial charge on any atom is -0.263 e. The van der Waals surface area contributed by atoms with Gasteiger partial charge in [0, 0.05) is 46.9 Å². The largest absolute Gasteiger partial charge is 0.300 e. The van der Waals surface area contributed by atoms with Gasteiger partial charge < -0.3 is 0 Å². The second kappa shape index (κ2) is 9.08. The third-order valence-corrected chi connectivity index (χ3v) is 6.56. The zero-order valence-electron chi connectivity index (χ0n) is 15.6. The summed E-state index contributed by atoms with van der Waals surface area (Å²) in [6.45, 7) is 1.94. The lowest BCUT2D eigenvalue weighted by molar-refractivity contribution is 0.589. The lowest BCUT2D eigenvalue weighted by Gasteiger charge is -2.13.